The van der Waals surface area contributed by atoms with Gasteiger partial charge >= 0.3 is 0 Å². The van der Waals surface area contributed by atoms with Crippen molar-refractivity contribution in [3.8, 4) is 5.75 Å². The smallest absolute Gasteiger partial charge is 0.241 e. The molecule has 2 N–H and O–H groups in total. The van der Waals surface area contributed by atoms with Crippen molar-refractivity contribution in [3.05, 3.63) is 47.8 Å². The molecule has 144 valence electrons. The molecule has 0 aliphatic rings. The first kappa shape index (κ1) is 22.0. The SMILES string of the molecule is CNC(C(=O)NCCOc1ccccc1C(C)(C)C)c1cnn(C)c1.Cl. The van der Waals surface area contributed by atoms with Crippen LogP contribution in [0.3, 0.4) is 0 Å². The zero-order valence-electron chi connectivity index (χ0n) is 16.1. The molecule has 1 aromatic carbocycles. The molecular weight excluding hydrogens is 352 g/mol. The fourth-order valence-electron chi connectivity index (χ4n) is 2.69. The highest BCUT2D eigenvalue weighted by atomic mass is 35.5. The van der Waals surface area contributed by atoms with Crippen LogP contribution < -0.4 is 15.4 Å². The molecule has 2 rings (SSSR count). The molecule has 0 saturated heterocycles. The lowest BCUT2D eigenvalue weighted by atomic mass is 9.86. The quantitative estimate of drug-likeness (QED) is 0.724. The fourth-order valence-corrected chi connectivity index (χ4v) is 2.69. The number of hydrogen-bond acceptors (Lipinski definition) is 4. The number of carbonyl (C=O) groups is 1. The summed E-state index contributed by atoms with van der Waals surface area (Å²) in [5.41, 5.74) is 2.00. The number of nitrogens with zero attached hydrogens (tertiary/aromatic N) is 2. The predicted octanol–water partition coefficient (Wildman–Crippen LogP) is 2.60. The molecule has 1 heterocycles. The number of ether oxygens (including phenoxy) is 1. The topological polar surface area (TPSA) is 68.2 Å². The Kier molecular flexibility index (Phi) is 8.11. The Morgan fingerprint density at radius 3 is 2.58 bits per heavy atom. The number of carbonyl (C=O) groups excluding carboxylic acids is 1. The Balaban J connectivity index is 0.00000338. The Labute approximate surface area is 161 Å². The molecule has 2 aromatic rings. The van der Waals surface area contributed by atoms with Crippen LogP contribution in [0, 0.1) is 0 Å². The molecule has 0 spiro atoms. The molecule has 0 bridgehead atoms. The van der Waals surface area contributed by atoms with Gasteiger partial charge in [0.1, 0.15) is 18.4 Å². The zero-order valence-corrected chi connectivity index (χ0v) is 16.9. The third-order valence-electron chi connectivity index (χ3n) is 3.96. The number of aryl methyl sites for hydroxylation is 1. The number of rotatable bonds is 7. The van der Waals surface area contributed by atoms with Crippen LogP contribution in [0.4, 0.5) is 0 Å². The van der Waals surface area contributed by atoms with Gasteiger partial charge in [-0.05, 0) is 24.1 Å². The number of aromatic nitrogens is 2. The van der Waals surface area contributed by atoms with Crippen molar-refractivity contribution in [2.75, 3.05) is 20.2 Å². The Morgan fingerprint density at radius 2 is 2.00 bits per heavy atom. The van der Waals surface area contributed by atoms with Crippen molar-refractivity contribution in [2.24, 2.45) is 7.05 Å². The monoisotopic (exact) mass is 380 g/mol. The van der Waals surface area contributed by atoms with Crippen LogP contribution in [0.5, 0.6) is 5.75 Å². The second-order valence-corrected chi connectivity index (χ2v) is 7.05. The van der Waals surface area contributed by atoms with Gasteiger partial charge in [0, 0.05) is 18.8 Å². The average Bonchev–Trinajstić information content (AvgIpc) is 2.98. The summed E-state index contributed by atoms with van der Waals surface area (Å²) in [5, 5.41) is 10.0. The second kappa shape index (κ2) is 9.59. The number of likely N-dealkylation sites (N-methyl/N-ethyl adjacent to an activating group) is 1. The molecule has 1 unspecified atom stereocenters. The van der Waals surface area contributed by atoms with Crippen LogP contribution in [0.2, 0.25) is 0 Å². The first-order chi connectivity index (χ1) is 11.8. The molecule has 1 atom stereocenters. The molecular formula is C19H29ClN4O2. The van der Waals surface area contributed by atoms with E-state index in [0.717, 1.165) is 16.9 Å². The van der Waals surface area contributed by atoms with Crippen molar-refractivity contribution in [3.63, 3.8) is 0 Å². The summed E-state index contributed by atoms with van der Waals surface area (Å²) in [6, 6.07) is 7.60. The highest BCUT2D eigenvalue weighted by molar-refractivity contribution is 5.85. The van der Waals surface area contributed by atoms with Crippen LogP contribution >= 0.6 is 12.4 Å². The van der Waals surface area contributed by atoms with Crippen molar-refractivity contribution in [1.29, 1.82) is 0 Å². The van der Waals surface area contributed by atoms with E-state index in [4.69, 9.17) is 4.74 Å². The lowest BCUT2D eigenvalue weighted by Gasteiger charge is -2.22. The Hall–Kier alpha value is -2.05. The summed E-state index contributed by atoms with van der Waals surface area (Å²) in [5.74, 6) is 0.768. The number of benzene rings is 1. The molecule has 0 aliphatic heterocycles. The number of para-hydroxylation sites is 1. The van der Waals surface area contributed by atoms with Crippen LogP contribution in [-0.4, -0.2) is 35.9 Å². The minimum absolute atomic E-state index is 0. The molecule has 0 saturated carbocycles. The second-order valence-electron chi connectivity index (χ2n) is 7.05. The maximum atomic E-state index is 12.4. The summed E-state index contributed by atoms with van der Waals surface area (Å²) >= 11 is 0. The molecule has 6 nitrogen and oxygen atoms in total. The number of hydrogen-bond donors (Lipinski definition) is 2. The minimum Gasteiger partial charge on any atom is -0.491 e. The molecule has 0 radical (unpaired) electrons. The lowest BCUT2D eigenvalue weighted by molar-refractivity contribution is -0.123. The van der Waals surface area contributed by atoms with E-state index < -0.39 is 6.04 Å². The van der Waals surface area contributed by atoms with Gasteiger partial charge in [0.15, 0.2) is 0 Å². The van der Waals surface area contributed by atoms with Crippen molar-refractivity contribution in [1.82, 2.24) is 20.4 Å². The maximum absolute atomic E-state index is 12.4. The van der Waals surface area contributed by atoms with E-state index in [1.807, 2.05) is 31.4 Å². The van der Waals surface area contributed by atoms with E-state index in [2.05, 4.69) is 42.6 Å². The van der Waals surface area contributed by atoms with Gasteiger partial charge in [-0.3, -0.25) is 9.48 Å². The summed E-state index contributed by atoms with van der Waals surface area (Å²) in [7, 11) is 3.59. The predicted molar refractivity (Wildman–Crippen MR) is 106 cm³/mol. The first-order valence-corrected chi connectivity index (χ1v) is 8.48. The Morgan fingerprint density at radius 1 is 1.31 bits per heavy atom. The molecule has 0 fully saturated rings. The van der Waals surface area contributed by atoms with Gasteiger partial charge in [-0.2, -0.15) is 5.10 Å². The van der Waals surface area contributed by atoms with Crippen molar-refractivity contribution >= 4 is 18.3 Å². The van der Waals surface area contributed by atoms with Crippen LogP contribution in [0.25, 0.3) is 0 Å². The van der Waals surface area contributed by atoms with Gasteiger partial charge in [0.2, 0.25) is 5.91 Å². The largest absolute Gasteiger partial charge is 0.491 e. The molecule has 1 amide bonds. The van der Waals surface area contributed by atoms with E-state index in [9.17, 15) is 4.79 Å². The van der Waals surface area contributed by atoms with E-state index in [-0.39, 0.29) is 23.7 Å². The van der Waals surface area contributed by atoms with Gasteiger partial charge in [-0.15, -0.1) is 12.4 Å². The summed E-state index contributed by atoms with van der Waals surface area (Å²) in [6.07, 6.45) is 3.52. The fraction of sp³-hybridized carbons (Fsp3) is 0.474. The minimum atomic E-state index is -0.421. The average molecular weight is 381 g/mol. The standard InChI is InChI=1S/C19H28N4O2.ClH/c1-19(2,3)15-8-6-7-9-16(15)25-11-10-21-18(24)17(20-4)14-12-22-23(5)13-14;/h6-9,12-13,17,20H,10-11H2,1-5H3,(H,21,24);1H. The van der Waals surface area contributed by atoms with Crippen LogP contribution in [0.15, 0.2) is 36.7 Å². The number of nitrogens with one attached hydrogen (secondary N) is 2. The van der Waals surface area contributed by atoms with Crippen LogP contribution in [0.1, 0.15) is 37.9 Å². The Bertz CT molecular complexity index is 710. The van der Waals surface area contributed by atoms with E-state index >= 15 is 0 Å². The van der Waals surface area contributed by atoms with Gasteiger partial charge < -0.3 is 15.4 Å². The van der Waals surface area contributed by atoms with Gasteiger partial charge in [0.05, 0.1) is 12.7 Å². The number of amides is 1. The van der Waals surface area contributed by atoms with Crippen LogP contribution in [-0.2, 0) is 17.3 Å². The summed E-state index contributed by atoms with van der Waals surface area (Å²) in [6.45, 7) is 7.32. The van der Waals surface area contributed by atoms with E-state index in [0.29, 0.717) is 13.2 Å². The normalized spacial score (nSPS) is 12.2. The molecule has 1 aromatic heterocycles. The van der Waals surface area contributed by atoms with E-state index in [1.54, 1.807) is 17.9 Å². The molecule has 7 heteroatoms. The highest BCUT2D eigenvalue weighted by Crippen LogP contribution is 2.30. The third kappa shape index (κ3) is 5.75. The third-order valence-corrected chi connectivity index (χ3v) is 3.96. The van der Waals surface area contributed by atoms with Crippen molar-refractivity contribution in [2.45, 2.75) is 32.2 Å². The van der Waals surface area contributed by atoms with Gasteiger partial charge in [-0.1, -0.05) is 39.0 Å². The first-order valence-electron chi connectivity index (χ1n) is 8.48. The van der Waals surface area contributed by atoms with E-state index in [1.165, 1.54) is 0 Å². The van der Waals surface area contributed by atoms with Crippen molar-refractivity contribution < 1.29 is 9.53 Å². The maximum Gasteiger partial charge on any atom is 0.241 e. The van der Waals surface area contributed by atoms with Gasteiger partial charge in [0.25, 0.3) is 0 Å². The number of halogens is 1. The summed E-state index contributed by atoms with van der Waals surface area (Å²) < 4.78 is 7.57. The zero-order chi connectivity index (χ0) is 18.4. The summed E-state index contributed by atoms with van der Waals surface area (Å²) in [4.78, 5) is 12.4. The van der Waals surface area contributed by atoms with Gasteiger partial charge in [-0.25, -0.2) is 0 Å². The highest BCUT2D eigenvalue weighted by Gasteiger charge is 2.20. The lowest BCUT2D eigenvalue weighted by Crippen LogP contribution is -2.37. The molecule has 26 heavy (non-hydrogen) atoms. The molecule has 0 aliphatic carbocycles.